The van der Waals surface area contributed by atoms with Crippen molar-refractivity contribution in [2.75, 3.05) is 7.11 Å². The number of carbonyl (C=O) groups is 1. The fourth-order valence-corrected chi connectivity index (χ4v) is 3.74. The number of para-hydroxylation sites is 1. The molecule has 0 saturated carbocycles. The Hall–Kier alpha value is -2.81. The van der Waals surface area contributed by atoms with Crippen LogP contribution >= 0.6 is 22.9 Å². The molecule has 1 heterocycles. The number of benzene rings is 2. The summed E-state index contributed by atoms with van der Waals surface area (Å²) in [5.74, 6) is 2.90. The van der Waals surface area contributed by atoms with Crippen LogP contribution in [0.15, 0.2) is 53.5 Å². The molecule has 130 valence electrons. The molecule has 0 radical (unpaired) electrons. The van der Waals surface area contributed by atoms with Crippen LogP contribution in [0.25, 0.3) is 16.3 Å². The molecule has 1 amide bonds. The van der Waals surface area contributed by atoms with Gasteiger partial charge in [-0.15, -0.1) is 6.42 Å². The summed E-state index contributed by atoms with van der Waals surface area (Å²) < 4.78 is 8.16. The van der Waals surface area contributed by atoms with E-state index in [9.17, 15) is 4.79 Å². The maximum atomic E-state index is 12.3. The van der Waals surface area contributed by atoms with E-state index in [1.165, 1.54) is 17.4 Å². The predicted octanol–water partition coefficient (Wildman–Crippen LogP) is 4.14. The molecule has 3 rings (SSSR count). The van der Waals surface area contributed by atoms with Crippen molar-refractivity contribution < 1.29 is 9.53 Å². The van der Waals surface area contributed by atoms with Crippen molar-refractivity contribution >= 4 is 45.1 Å². The molecule has 4 nitrogen and oxygen atoms in total. The Kier molecular flexibility index (Phi) is 5.57. The second kappa shape index (κ2) is 8.05. The first-order valence-electron chi connectivity index (χ1n) is 7.75. The lowest BCUT2D eigenvalue weighted by molar-refractivity contribution is -0.113. The summed E-state index contributed by atoms with van der Waals surface area (Å²) in [6.45, 7) is 0.292. The number of terminal acetylenes is 1. The van der Waals surface area contributed by atoms with Gasteiger partial charge in [0.15, 0.2) is 4.80 Å². The van der Waals surface area contributed by atoms with Crippen molar-refractivity contribution in [1.82, 2.24) is 4.57 Å². The summed E-state index contributed by atoms with van der Waals surface area (Å²) >= 11 is 7.48. The first-order valence-corrected chi connectivity index (χ1v) is 8.94. The fourth-order valence-electron chi connectivity index (χ4n) is 2.49. The number of halogens is 1. The molecule has 0 atom stereocenters. The summed E-state index contributed by atoms with van der Waals surface area (Å²) in [6.07, 6.45) is 8.53. The molecule has 0 fully saturated rings. The van der Waals surface area contributed by atoms with Crippen LogP contribution in [0, 0.1) is 12.3 Å². The van der Waals surface area contributed by atoms with Crippen LogP contribution in [-0.2, 0) is 11.3 Å². The van der Waals surface area contributed by atoms with Gasteiger partial charge < -0.3 is 9.30 Å². The minimum Gasteiger partial charge on any atom is -0.495 e. The number of hydrogen-bond acceptors (Lipinski definition) is 3. The van der Waals surface area contributed by atoms with Gasteiger partial charge in [0.05, 0.1) is 18.4 Å². The number of thiazole rings is 1. The minimum absolute atomic E-state index is 0.292. The summed E-state index contributed by atoms with van der Waals surface area (Å²) in [7, 11) is 1.60. The van der Waals surface area contributed by atoms with E-state index in [0.29, 0.717) is 22.1 Å². The number of hydrogen-bond donors (Lipinski definition) is 0. The first kappa shape index (κ1) is 18.0. The van der Waals surface area contributed by atoms with Crippen molar-refractivity contribution in [3.8, 4) is 18.1 Å². The normalized spacial score (nSPS) is 11.8. The smallest absolute Gasteiger partial charge is 0.272 e. The zero-order valence-electron chi connectivity index (χ0n) is 14.0. The third-order valence-corrected chi connectivity index (χ3v) is 5.04. The molecule has 0 bridgehead atoms. The summed E-state index contributed by atoms with van der Waals surface area (Å²) in [4.78, 5) is 17.0. The van der Waals surface area contributed by atoms with Gasteiger partial charge in [-0.2, -0.15) is 4.99 Å². The molecule has 1 aromatic heterocycles. The van der Waals surface area contributed by atoms with Crippen LogP contribution < -0.4 is 9.54 Å². The molecule has 0 spiro atoms. The molecule has 6 heteroatoms. The van der Waals surface area contributed by atoms with Gasteiger partial charge in [0.2, 0.25) is 0 Å². The van der Waals surface area contributed by atoms with Crippen LogP contribution in [0.2, 0.25) is 5.02 Å². The number of nitrogens with zero attached hydrogens (tertiary/aromatic N) is 2. The maximum Gasteiger partial charge on any atom is 0.272 e. The zero-order chi connectivity index (χ0) is 18.5. The van der Waals surface area contributed by atoms with E-state index >= 15 is 0 Å². The number of amides is 1. The lowest BCUT2D eigenvalue weighted by Gasteiger charge is -2.05. The average Bonchev–Trinajstić information content (AvgIpc) is 2.98. The van der Waals surface area contributed by atoms with Gasteiger partial charge in [0, 0.05) is 11.1 Å². The number of carbonyl (C=O) groups excluding carboxylic acids is 1. The summed E-state index contributed by atoms with van der Waals surface area (Å²) in [5, 5.41) is 0.575. The molecule has 0 unspecified atom stereocenters. The largest absolute Gasteiger partial charge is 0.495 e. The fraction of sp³-hybridized carbons (Fsp3) is 0.100. The Morgan fingerprint density at radius 1 is 1.35 bits per heavy atom. The molecule has 0 N–H and O–H groups in total. The van der Waals surface area contributed by atoms with Crippen molar-refractivity contribution in [3.63, 3.8) is 0 Å². The molecule has 0 aliphatic heterocycles. The molecule has 0 saturated heterocycles. The number of ether oxygens (including phenoxy) is 1. The van der Waals surface area contributed by atoms with Gasteiger partial charge in [-0.3, -0.25) is 4.79 Å². The molecular formula is C20H15ClN2O2S. The van der Waals surface area contributed by atoms with E-state index in [4.69, 9.17) is 22.8 Å². The molecule has 26 heavy (non-hydrogen) atoms. The Labute approximate surface area is 160 Å². The third kappa shape index (κ3) is 3.72. The van der Waals surface area contributed by atoms with E-state index in [1.807, 2.05) is 36.4 Å². The lowest BCUT2D eigenvalue weighted by atomic mass is 10.2. The number of rotatable bonds is 4. The maximum absolute atomic E-state index is 12.3. The van der Waals surface area contributed by atoms with Crippen molar-refractivity contribution in [2.45, 2.75) is 6.54 Å². The minimum atomic E-state index is -0.388. The Balaban J connectivity index is 2.04. The van der Waals surface area contributed by atoms with Crippen LogP contribution in [0.4, 0.5) is 0 Å². The van der Waals surface area contributed by atoms with Gasteiger partial charge in [-0.05, 0) is 29.8 Å². The highest BCUT2D eigenvalue weighted by Gasteiger charge is 2.11. The van der Waals surface area contributed by atoms with Gasteiger partial charge in [-0.1, -0.05) is 53.1 Å². The van der Waals surface area contributed by atoms with E-state index in [-0.39, 0.29) is 5.91 Å². The van der Waals surface area contributed by atoms with E-state index in [2.05, 4.69) is 10.9 Å². The van der Waals surface area contributed by atoms with Crippen LogP contribution in [0.5, 0.6) is 5.75 Å². The van der Waals surface area contributed by atoms with Gasteiger partial charge in [-0.25, -0.2) is 0 Å². The number of aromatic nitrogens is 1. The Bertz CT molecular complexity index is 1100. The van der Waals surface area contributed by atoms with Crippen LogP contribution in [0.1, 0.15) is 5.56 Å². The molecule has 3 aromatic rings. The average molecular weight is 383 g/mol. The number of fused-ring (bicyclic) bond motifs is 1. The van der Waals surface area contributed by atoms with Crippen LogP contribution in [0.3, 0.4) is 0 Å². The molecule has 0 aliphatic carbocycles. The highest BCUT2D eigenvalue weighted by atomic mass is 35.5. The molecule has 0 aliphatic rings. The standard InChI is InChI=1S/C20H15ClN2O2S/c1-3-13-23-19-16(25-2)9-6-10-17(19)26-20(23)22-18(24)12-11-14-7-4-5-8-15(14)21/h1,4-12H,13H2,2H3/b12-11+,22-20?. The molecule has 2 aromatic carbocycles. The summed E-state index contributed by atoms with van der Waals surface area (Å²) in [5.41, 5.74) is 1.59. The Morgan fingerprint density at radius 3 is 2.88 bits per heavy atom. The first-order chi connectivity index (χ1) is 12.6. The SMILES string of the molecule is C#CCn1c(=NC(=O)/C=C/c2ccccc2Cl)sc2cccc(OC)c21. The van der Waals surface area contributed by atoms with Crippen molar-refractivity contribution in [1.29, 1.82) is 0 Å². The van der Waals surface area contributed by atoms with E-state index < -0.39 is 0 Å². The van der Waals surface area contributed by atoms with E-state index in [1.54, 1.807) is 23.8 Å². The number of methoxy groups -OCH3 is 1. The third-order valence-electron chi connectivity index (χ3n) is 3.65. The Morgan fingerprint density at radius 2 is 2.15 bits per heavy atom. The van der Waals surface area contributed by atoms with E-state index in [0.717, 1.165) is 15.8 Å². The lowest BCUT2D eigenvalue weighted by Crippen LogP contribution is -2.16. The van der Waals surface area contributed by atoms with Gasteiger partial charge in [0.25, 0.3) is 5.91 Å². The van der Waals surface area contributed by atoms with Gasteiger partial charge >= 0.3 is 0 Å². The zero-order valence-corrected chi connectivity index (χ0v) is 15.6. The summed E-state index contributed by atoms with van der Waals surface area (Å²) in [6, 6.07) is 13.0. The molecular weight excluding hydrogens is 368 g/mol. The predicted molar refractivity (Wildman–Crippen MR) is 106 cm³/mol. The van der Waals surface area contributed by atoms with Gasteiger partial charge in [0.1, 0.15) is 11.3 Å². The quantitative estimate of drug-likeness (QED) is 0.502. The highest BCUT2D eigenvalue weighted by Crippen LogP contribution is 2.27. The van der Waals surface area contributed by atoms with Crippen molar-refractivity contribution in [3.05, 3.63) is 63.9 Å². The monoisotopic (exact) mass is 382 g/mol. The van der Waals surface area contributed by atoms with Crippen molar-refractivity contribution in [2.24, 2.45) is 4.99 Å². The second-order valence-electron chi connectivity index (χ2n) is 5.29. The topological polar surface area (TPSA) is 43.6 Å². The second-order valence-corrected chi connectivity index (χ2v) is 6.70. The van der Waals surface area contributed by atoms with Crippen LogP contribution in [-0.4, -0.2) is 17.6 Å². The highest BCUT2D eigenvalue weighted by molar-refractivity contribution is 7.16.